The Bertz CT molecular complexity index is 582. The van der Waals surface area contributed by atoms with Crippen LogP contribution in [0, 0.1) is 0 Å². The second kappa shape index (κ2) is 6.37. The van der Waals surface area contributed by atoms with Crippen molar-refractivity contribution in [2.75, 3.05) is 12.4 Å². The normalized spacial score (nSPS) is 10.7. The molecular formula is C16H21N3O. The van der Waals surface area contributed by atoms with E-state index in [0.717, 1.165) is 23.6 Å². The van der Waals surface area contributed by atoms with Gasteiger partial charge in [-0.05, 0) is 30.0 Å². The molecule has 0 unspecified atom stereocenters. The van der Waals surface area contributed by atoms with Gasteiger partial charge in [-0.3, -0.25) is 0 Å². The van der Waals surface area contributed by atoms with Crippen molar-refractivity contribution >= 4 is 5.82 Å². The molecule has 0 saturated heterocycles. The van der Waals surface area contributed by atoms with Gasteiger partial charge in [-0.1, -0.05) is 32.9 Å². The smallest absolute Gasteiger partial charge is 0.227 e. The molecule has 0 aliphatic heterocycles. The fourth-order valence-electron chi connectivity index (χ4n) is 2.07. The third-order valence-electron chi connectivity index (χ3n) is 3.24. The van der Waals surface area contributed by atoms with Gasteiger partial charge in [0.15, 0.2) is 0 Å². The van der Waals surface area contributed by atoms with Gasteiger partial charge in [0.1, 0.15) is 17.9 Å². The first kappa shape index (κ1) is 14.3. The van der Waals surface area contributed by atoms with E-state index in [1.165, 1.54) is 11.9 Å². The largest absolute Gasteiger partial charge is 0.439 e. The molecular weight excluding hydrogens is 250 g/mol. The molecule has 0 bridgehead atoms. The van der Waals surface area contributed by atoms with E-state index < -0.39 is 0 Å². The van der Waals surface area contributed by atoms with Crippen molar-refractivity contribution in [3.8, 4) is 11.6 Å². The highest BCUT2D eigenvalue weighted by atomic mass is 16.5. The van der Waals surface area contributed by atoms with Gasteiger partial charge >= 0.3 is 0 Å². The molecule has 0 radical (unpaired) electrons. The molecule has 4 heteroatoms. The van der Waals surface area contributed by atoms with E-state index in [4.69, 9.17) is 4.74 Å². The van der Waals surface area contributed by atoms with Gasteiger partial charge in [0.25, 0.3) is 0 Å². The first-order valence-electron chi connectivity index (χ1n) is 6.95. The van der Waals surface area contributed by atoms with Crippen LogP contribution >= 0.6 is 0 Å². The highest BCUT2D eigenvalue weighted by Gasteiger charge is 2.11. The number of benzene rings is 1. The van der Waals surface area contributed by atoms with Crippen LogP contribution in [0.5, 0.6) is 11.6 Å². The van der Waals surface area contributed by atoms with Crippen molar-refractivity contribution in [3.63, 3.8) is 0 Å². The van der Waals surface area contributed by atoms with Crippen molar-refractivity contribution in [1.82, 2.24) is 9.97 Å². The summed E-state index contributed by atoms with van der Waals surface area (Å²) in [4.78, 5) is 8.47. The Morgan fingerprint density at radius 1 is 1.25 bits per heavy atom. The van der Waals surface area contributed by atoms with Crippen LogP contribution in [0.4, 0.5) is 5.82 Å². The molecule has 0 amide bonds. The lowest BCUT2D eigenvalue weighted by Gasteiger charge is -2.13. The summed E-state index contributed by atoms with van der Waals surface area (Å²) in [5.41, 5.74) is 2.24. The van der Waals surface area contributed by atoms with Crippen molar-refractivity contribution in [3.05, 3.63) is 41.7 Å². The van der Waals surface area contributed by atoms with E-state index >= 15 is 0 Å². The summed E-state index contributed by atoms with van der Waals surface area (Å²) in [7, 11) is 1.85. The van der Waals surface area contributed by atoms with Crippen LogP contribution in [0.25, 0.3) is 0 Å². The zero-order chi connectivity index (χ0) is 14.5. The van der Waals surface area contributed by atoms with Crippen LogP contribution < -0.4 is 10.1 Å². The van der Waals surface area contributed by atoms with Crippen molar-refractivity contribution in [2.45, 2.75) is 33.1 Å². The average Bonchev–Trinajstić information content (AvgIpc) is 2.47. The van der Waals surface area contributed by atoms with Crippen LogP contribution in [0.1, 0.15) is 37.8 Å². The highest BCUT2D eigenvalue weighted by Crippen LogP contribution is 2.28. The SMILES string of the molecule is CCc1c(NC)ncnc1Oc1cccc(C(C)C)c1. The van der Waals surface area contributed by atoms with Gasteiger partial charge in [0.2, 0.25) is 5.88 Å². The third kappa shape index (κ3) is 3.07. The maximum atomic E-state index is 5.94. The van der Waals surface area contributed by atoms with E-state index in [1.54, 1.807) is 0 Å². The zero-order valence-corrected chi connectivity index (χ0v) is 12.5. The molecule has 1 aromatic carbocycles. The molecule has 0 aliphatic carbocycles. The number of nitrogens with one attached hydrogen (secondary N) is 1. The Labute approximate surface area is 120 Å². The van der Waals surface area contributed by atoms with E-state index in [2.05, 4.69) is 48.2 Å². The summed E-state index contributed by atoms with van der Waals surface area (Å²) in [6.45, 7) is 6.40. The highest BCUT2D eigenvalue weighted by molar-refractivity contribution is 5.49. The first-order valence-corrected chi connectivity index (χ1v) is 6.95. The number of nitrogens with zero attached hydrogens (tertiary/aromatic N) is 2. The van der Waals surface area contributed by atoms with Crippen molar-refractivity contribution in [2.24, 2.45) is 0 Å². The number of rotatable bonds is 5. The van der Waals surface area contributed by atoms with Gasteiger partial charge in [0, 0.05) is 7.05 Å². The lowest BCUT2D eigenvalue weighted by Crippen LogP contribution is -2.02. The molecule has 0 saturated carbocycles. The van der Waals surface area contributed by atoms with Gasteiger partial charge in [-0.25, -0.2) is 9.97 Å². The molecule has 4 nitrogen and oxygen atoms in total. The predicted molar refractivity (Wildman–Crippen MR) is 81.6 cm³/mol. The molecule has 20 heavy (non-hydrogen) atoms. The summed E-state index contributed by atoms with van der Waals surface area (Å²) in [6.07, 6.45) is 2.34. The molecule has 1 N–H and O–H groups in total. The number of anilines is 1. The Morgan fingerprint density at radius 3 is 2.70 bits per heavy atom. The minimum atomic E-state index is 0.475. The standard InChI is InChI=1S/C16H21N3O/c1-5-14-15(17-4)18-10-19-16(14)20-13-8-6-7-12(9-13)11(2)3/h6-11H,5H2,1-4H3,(H,17,18,19). The van der Waals surface area contributed by atoms with Crippen LogP contribution in [0.2, 0.25) is 0 Å². The maximum absolute atomic E-state index is 5.94. The van der Waals surface area contributed by atoms with Gasteiger partial charge in [-0.15, -0.1) is 0 Å². The van der Waals surface area contributed by atoms with E-state index in [0.29, 0.717) is 11.8 Å². The van der Waals surface area contributed by atoms with E-state index in [-0.39, 0.29) is 0 Å². The molecule has 0 aliphatic rings. The number of aromatic nitrogens is 2. The third-order valence-corrected chi connectivity index (χ3v) is 3.24. The lowest BCUT2D eigenvalue weighted by atomic mass is 10.0. The Balaban J connectivity index is 2.32. The summed E-state index contributed by atoms with van der Waals surface area (Å²) < 4.78 is 5.94. The molecule has 0 fully saturated rings. The van der Waals surface area contributed by atoms with E-state index in [1.807, 2.05) is 19.2 Å². The summed E-state index contributed by atoms with van der Waals surface area (Å²) in [5, 5.41) is 3.07. The Hall–Kier alpha value is -2.10. The minimum absolute atomic E-state index is 0.475. The number of hydrogen-bond donors (Lipinski definition) is 1. The van der Waals surface area contributed by atoms with Crippen LogP contribution in [0.15, 0.2) is 30.6 Å². The summed E-state index contributed by atoms with van der Waals surface area (Å²) >= 11 is 0. The topological polar surface area (TPSA) is 47.0 Å². The molecule has 1 heterocycles. The summed E-state index contributed by atoms with van der Waals surface area (Å²) in [5.74, 6) is 2.72. The molecule has 0 atom stereocenters. The molecule has 1 aromatic heterocycles. The van der Waals surface area contributed by atoms with E-state index in [9.17, 15) is 0 Å². The van der Waals surface area contributed by atoms with Crippen molar-refractivity contribution in [1.29, 1.82) is 0 Å². The zero-order valence-electron chi connectivity index (χ0n) is 12.5. The van der Waals surface area contributed by atoms with Gasteiger partial charge in [-0.2, -0.15) is 0 Å². The second-order valence-corrected chi connectivity index (χ2v) is 4.94. The average molecular weight is 271 g/mol. The number of hydrogen-bond acceptors (Lipinski definition) is 4. The van der Waals surface area contributed by atoms with Crippen molar-refractivity contribution < 1.29 is 4.74 Å². The fraction of sp³-hybridized carbons (Fsp3) is 0.375. The fourth-order valence-corrected chi connectivity index (χ4v) is 2.07. The Morgan fingerprint density at radius 2 is 2.05 bits per heavy atom. The monoisotopic (exact) mass is 271 g/mol. The summed E-state index contributed by atoms with van der Waals surface area (Å²) in [6, 6.07) is 8.13. The van der Waals surface area contributed by atoms with Crippen LogP contribution in [0.3, 0.4) is 0 Å². The molecule has 0 spiro atoms. The quantitative estimate of drug-likeness (QED) is 0.893. The lowest BCUT2D eigenvalue weighted by molar-refractivity contribution is 0.454. The van der Waals surface area contributed by atoms with Crippen LogP contribution in [-0.4, -0.2) is 17.0 Å². The first-order chi connectivity index (χ1) is 9.65. The minimum Gasteiger partial charge on any atom is -0.439 e. The maximum Gasteiger partial charge on any atom is 0.227 e. The van der Waals surface area contributed by atoms with Gasteiger partial charge < -0.3 is 10.1 Å². The second-order valence-electron chi connectivity index (χ2n) is 4.94. The molecule has 2 rings (SSSR count). The molecule has 2 aromatic rings. The predicted octanol–water partition coefficient (Wildman–Crippen LogP) is 4.00. The van der Waals surface area contributed by atoms with Crippen LogP contribution in [-0.2, 0) is 6.42 Å². The van der Waals surface area contributed by atoms with Gasteiger partial charge in [0.05, 0.1) is 5.56 Å². The molecule has 106 valence electrons. The Kier molecular flexibility index (Phi) is 4.56. The number of ether oxygens (including phenoxy) is 1.